The first-order valence-electron chi connectivity index (χ1n) is 9.14. The van der Waals surface area contributed by atoms with E-state index in [2.05, 4.69) is 25.3 Å². The van der Waals surface area contributed by atoms with Gasteiger partial charge < -0.3 is 20.1 Å². The van der Waals surface area contributed by atoms with Gasteiger partial charge in [0.1, 0.15) is 10.6 Å². The van der Waals surface area contributed by atoms with Crippen LogP contribution < -0.4 is 20.1 Å². The van der Waals surface area contributed by atoms with Crippen LogP contribution in [0.1, 0.15) is 6.42 Å². The average molecular weight is 422 g/mol. The molecule has 1 heterocycles. The van der Waals surface area contributed by atoms with Crippen LogP contribution in [0.3, 0.4) is 0 Å². The van der Waals surface area contributed by atoms with E-state index in [1.807, 2.05) is 24.3 Å². The number of aliphatic imine (C=N–C) groups is 1. The summed E-state index contributed by atoms with van der Waals surface area (Å²) < 4.78 is 37.5. The Bertz CT molecular complexity index is 875. The van der Waals surface area contributed by atoms with Crippen LogP contribution in [0.5, 0.6) is 5.75 Å². The zero-order chi connectivity index (χ0) is 21.0. The summed E-state index contributed by atoms with van der Waals surface area (Å²) in [7, 11) is -0.282. The fourth-order valence-corrected chi connectivity index (χ4v) is 3.32. The molecule has 2 aromatic rings. The van der Waals surface area contributed by atoms with Crippen LogP contribution in [0, 0.1) is 0 Å². The van der Waals surface area contributed by atoms with Crippen LogP contribution in [-0.4, -0.2) is 59.8 Å². The molecule has 9 nitrogen and oxygen atoms in total. The highest BCUT2D eigenvalue weighted by Crippen LogP contribution is 2.17. The summed E-state index contributed by atoms with van der Waals surface area (Å²) in [6.07, 6.45) is 3.64. The highest BCUT2D eigenvalue weighted by Gasteiger charge is 2.12. The normalized spacial score (nSPS) is 11.9. The molecule has 0 aliphatic heterocycles. The number of nitrogens with one attached hydrogen (secondary N) is 3. The molecule has 29 heavy (non-hydrogen) atoms. The number of anilines is 1. The molecule has 1 aromatic carbocycles. The second-order valence-corrected chi connectivity index (χ2v) is 7.70. The lowest BCUT2D eigenvalue weighted by Crippen LogP contribution is -2.37. The summed E-state index contributed by atoms with van der Waals surface area (Å²) >= 11 is 0. The molecular formula is C19H27N5O4S. The Labute approximate surface area is 171 Å². The molecule has 0 amide bonds. The minimum Gasteiger partial charge on any atom is -0.493 e. The van der Waals surface area contributed by atoms with Crippen molar-refractivity contribution in [3.63, 3.8) is 0 Å². The van der Waals surface area contributed by atoms with E-state index in [1.54, 1.807) is 20.2 Å². The predicted octanol–water partition coefficient (Wildman–Crippen LogP) is 1.46. The van der Waals surface area contributed by atoms with Crippen molar-refractivity contribution in [3.8, 4) is 5.75 Å². The van der Waals surface area contributed by atoms with Gasteiger partial charge in [-0.15, -0.1) is 0 Å². The van der Waals surface area contributed by atoms with Gasteiger partial charge in [0.25, 0.3) is 0 Å². The number of sulfonamides is 1. The first-order chi connectivity index (χ1) is 14.0. The maximum atomic E-state index is 12.2. The summed E-state index contributed by atoms with van der Waals surface area (Å²) in [6, 6.07) is 10.6. The number of ether oxygens (including phenoxy) is 2. The highest BCUT2D eigenvalue weighted by molar-refractivity contribution is 7.89. The summed E-state index contributed by atoms with van der Waals surface area (Å²) in [5.41, 5.74) is 0.804. The molecule has 158 valence electrons. The molecule has 10 heteroatoms. The number of nitrogens with zero attached hydrogens (tertiary/aromatic N) is 2. The van der Waals surface area contributed by atoms with Crippen LogP contribution in [0.2, 0.25) is 0 Å². The third-order valence-electron chi connectivity index (χ3n) is 3.74. The minimum atomic E-state index is -3.58. The molecule has 0 fully saturated rings. The Hall–Kier alpha value is -2.69. The number of hydrogen-bond acceptors (Lipinski definition) is 6. The molecule has 0 bridgehead atoms. The van der Waals surface area contributed by atoms with Gasteiger partial charge in [-0.2, -0.15) is 0 Å². The molecule has 0 saturated carbocycles. The molecule has 0 saturated heterocycles. The third-order valence-corrected chi connectivity index (χ3v) is 5.18. The zero-order valence-corrected chi connectivity index (χ0v) is 17.4. The van der Waals surface area contributed by atoms with Gasteiger partial charge in [-0.3, -0.25) is 9.98 Å². The molecule has 1 aromatic heterocycles. The number of rotatable bonds is 11. The van der Waals surface area contributed by atoms with Crippen molar-refractivity contribution in [1.29, 1.82) is 0 Å². The van der Waals surface area contributed by atoms with Crippen LogP contribution in [0.15, 0.2) is 58.7 Å². The average Bonchev–Trinajstić information content (AvgIpc) is 2.74. The zero-order valence-electron chi connectivity index (χ0n) is 16.6. The van der Waals surface area contributed by atoms with Gasteiger partial charge in [0, 0.05) is 64.4 Å². The van der Waals surface area contributed by atoms with Crippen LogP contribution in [0.4, 0.5) is 5.69 Å². The van der Waals surface area contributed by atoms with E-state index < -0.39 is 10.0 Å². The Morgan fingerprint density at radius 1 is 1.17 bits per heavy atom. The Morgan fingerprint density at radius 3 is 2.76 bits per heavy atom. The van der Waals surface area contributed by atoms with Crippen LogP contribution in [-0.2, 0) is 14.8 Å². The fraction of sp³-hybridized carbons (Fsp3) is 0.368. The predicted molar refractivity (Wildman–Crippen MR) is 113 cm³/mol. The number of guanidine groups is 1. The van der Waals surface area contributed by atoms with Crippen molar-refractivity contribution in [2.45, 2.75) is 11.3 Å². The first kappa shape index (κ1) is 22.6. The van der Waals surface area contributed by atoms with Crippen molar-refractivity contribution < 1.29 is 17.9 Å². The number of benzene rings is 1. The van der Waals surface area contributed by atoms with Gasteiger partial charge in [-0.05, 0) is 24.3 Å². The Balaban J connectivity index is 1.79. The second-order valence-electron chi connectivity index (χ2n) is 5.93. The third kappa shape index (κ3) is 8.06. The number of methoxy groups -OCH3 is 1. The van der Waals surface area contributed by atoms with Crippen molar-refractivity contribution in [1.82, 2.24) is 15.0 Å². The van der Waals surface area contributed by atoms with Crippen LogP contribution in [0.25, 0.3) is 0 Å². The van der Waals surface area contributed by atoms with Crippen molar-refractivity contribution in [2.24, 2.45) is 4.99 Å². The lowest BCUT2D eigenvalue weighted by atomic mass is 10.3. The van der Waals surface area contributed by atoms with Gasteiger partial charge in [0.05, 0.1) is 6.61 Å². The van der Waals surface area contributed by atoms with E-state index in [4.69, 9.17) is 9.47 Å². The van der Waals surface area contributed by atoms with Gasteiger partial charge in [0.15, 0.2) is 5.96 Å². The quantitative estimate of drug-likeness (QED) is 0.286. The topological polar surface area (TPSA) is 114 Å². The first-order valence-corrected chi connectivity index (χ1v) is 10.6. The van der Waals surface area contributed by atoms with E-state index in [1.165, 1.54) is 18.5 Å². The fourth-order valence-electron chi connectivity index (χ4n) is 2.33. The van der Waals surface area contributed by atoms with E-state index in [-0.39, 0.29) is 11.4 Å². The summed E-state index contributed by atoms with van der Waals surface area (Å²) in [4.78, 5) is 8.09. The molecule has 0 unspecified atom stereocenters. The van der Waals surface area contributed by atoms with E-state index in [0.717, 1.165) is 17.9 Å². The van der Waals surface area contributed by atoms with Crippen molar-refractivity contribution in [3.05, 3.63) is 48.8 Å². The summed E-state index contributed by atoms with van der Waals surface area (Å²) in [5.74, 6) is 1.26. The largest absolute Gasteiger partial charge is 0.493 e. The lowest BCUT2D eigenvalue weighted by Gasteiger charge is -2.13. The molecule has 2 rings (SSSR count). The smallest absolute Gasteiger partial charge is 0.242 e. The molecule has 0 radical (unpaired) electrons. The van der Waals surface area contributed by atoms with E-state index in [9.17, 15) is 8.42 Å². The van der Waals surface area contributed by atoms with Gasteiger partial charge in [-0.25, -0.2) is 13.1 Å². The van der Waals surface area contributed by atoms with Crippen molar-refractivity contribution in [2.75, 3.05) is 45.8 Å². The number of pyridine rings is 1. The maximum Gasteiger partial charge on any atom is 0.242 e. The SMILES string of the molecule is CN=C(NCCNS(=O)(=O)c1cccnc1)Nc1cccc(OCCCOC)c1. The number of aromatic nitrogens is 1. The Morgan fingerprint density at radius 2 is 2.03 bits per heavy atom. The van der Waals surface area contributed by atoms with Gasteiger partial charge in [-0.1, -0.05) is 6.07 Å². The molecule has 0 aliphatic carbocycles. The van der Waals surface area contributed by atoms with E-state index in [0.29, 0.717) is 25.7 Å². The summed E-state index contributed by atoms with van der Waals surface area (Å²) in [5, 5.41) is 6.21. The van der Waals surface area contributed by atoms with Crippen molar-refractivity contribution >= 4 is 21.7 Å². The molecule has 0 atom stereocenters. The number of hydrogen-bond donors (Lipinski definition) is 3. The molecule has 3 N–H and O–H groups in total. The standard InChI is InChI=1S/C19H27N5O4S/c1-20-19(22-10-11-23-29(25,26)18-8-4-9-21-15-18)24-16-6-3-7-17(14-16)28-13-5-12-27-2/h3-4,6-9,14-15,23H,5,10-13H2,1-2H3,(H2,20,22,24). The monoisotopic (exact) mass is 421 g/mol. The lowest BCUT2D eigenvalue weighted by molar-refractivity contribution is 0.172. The van der Waals surface area contributed by atoms with E-state index >= 15 is 0 Å². The Kier molecular flexibility index (Phi) is 9.35. The molecular weight excluding hydrogens is 394 g/mol. The van der Waals surface area contributed by atoms with Gasteiger partial charge in [0.2, 0.25) is 10.0 Å². The second kappa shape index (κ2) is 12.0. The molecule has 0 aliphatic rings. The summed E-state index contributed by atoms with van der Waals surface area (Å²) in [6.45, 7) is 1.77. The highest BCUT2D eigenvalue weighted by atomic mass is 32.2. The van der Waals surface area contributed by atoms with Crippen LogP contribution >= 0.6 is 0 Å². The molecule has 0 spiro atoms. The maximum absolute atomic E-state index is 12.2. The van der Waals surface area contributed by atoms with Gasteiger partial charge >= 0.3 is 0 Å². The minimum absolute atomic E-state index is 0.129.